The Morgan fingerprint density at radius 3 is 1.82 bits per heavy atom. The van der Waals surface area contributed by atoms with Crippen molar-refractivity contribution in [3.8, 4) is 56.0 Å². The van der Waals surface area contributed by atoms with Crippen molar-refractivity contribution in [2.75, 3.05) is 0 Å². The fourth-order valence-electron chi connectivity index (χ4n) is 8.43. The molecule has 234 valence electrons. The molecule has 0 aliphatic heterocycles. The number of thiophene rings is 1. The first kappa shape index (κ1) is 28.6. The lowest BCUT2D eigenvalue weighted by Crippen LogP contribution is -2.17. The molecule has 0 unspecified atom stereocenters. The summed E-state index contributed by atoms with van der Waals surface area (Å²) >= 11 is 1.77. The number of hydrogen-bond donors (Lipinski definition) is 0. The predicted molar refractivity (Wildman–Crippen MR) is 206 cm³/mol. The first-order chi connectivity index (χ1) is 23.8. The lowest BCUT2D eigenvalue weighted by Gasteiger charge is -2.24. The average Bonchev–Trinajstić information content (AvgIpc) is 3.70. The van der Waals surface area contributed by atoms with Gasteiger partial charge in [-0.1, -0.05) is 137 Å². The molecule has 8 aromatic rings. The topological polar surface area (TPSA) is 25.8 Å². The SMILES string of the molecule is CC1(C)c2ccccc2-c2cc3c(cc21)-c1ccc(-c2ccc(-c4nc(-c5ccccc5)nc5c4sc4ccccc45)cc2)cc1C3(C)C. The van der Waals surface area contributed by atoms with Gasteiger partial charge in [0.1, 0.15) is 0 Å². The van der Waals surface area contributed by atoms with Crippen LogP contribution in [0.5, 0.6) is 0 Å². The number of nitrogens with zero attached hydrogens (tertiary/aromatic N) is 2. The summed E-state index contributed by atoms with van der Waals surface area (Å²) < 4.78 is 2.36. The highest BCUT2D eigenvalue weighted by Crippen LogP contribution is 2.56. The van der Waals surface area contributed by atoms with Gasteiger partial charge >= 0.3 is 0 Å². The van der Waals surface area contributed by atoms with Crippen molar-refractivity contribution < 1.29 is 0 Å². The van der Waals surface area contributed by atoms with E-state index in [0.29, 0.717) is 0 Å². The maximum absolute atomic E-state index is 5.18. The summed E-state index contributed by atoms with van der Waals surface area (Å²) in [6, 6.07) is 48.8. The molecule has 0 N–H and O–H groups in total. The van der Waals surface area contributed by atoms with Crippen LogP contribution >= 0.6 is 11.3 Å². The molecule has 2 nitrogen and oxygen atoms in total. The van der Waals surface area contributed by atoms with Crippen molar-refractivity contribution in [3.05, 3.63) is 156 Å². The molecule has 2 aliphatic rings. The van der Waals surface area contributed by atoms with Crippen molar-refractivity contribution in [1.82, 2.24) is 9.97 Å². The highest BCUT2D eigenvalue weighted by Gasteiger charge is 2.41. The quantitative estimate of drug-likeness (QED) is 0.191. The highest BCUT2D eigenvalue weighted by molar-refractivity contribution is 7.26. The van der Waals surface area contributed by atoms with Crippen LogP contribution in [0.1, 0.15) is 49.9 Å². The van der Waals surface area contributed by atoms with E-state index in [1.807, 2.05) is 18.2 Å². The maximum Gasteiger partial charge on any atom is 0.160 e. The van der Waals surface area contributed by atoms with Crippen LogP contribution in [0.15, 0.2) is 133 Å². The second kappa shape index (κ2) is 10.1. The molecule has 0 spiro atoms. The maximum atomic E-state index is 5.18. The largest absolute Gasteiger partial charge is 0.226 e. The molecule has 0 bridgehead atoms. The van der Waals surface area contributed by atoms with Gasteiger partial charge in [0, 0.05) is 32.0 Å². The summed E-state index contributed by atoms with van der Waals surface area (Å²) in [5.41, 5.74) is 17.7. The first-order valence-electron chi connectivity index (χ1n) is 17.1. The number of aromatic nitrogens is 2. The summed E-state index contributed by atoms with van der Waals surface area (Å²) in [5.74, 6) is 0.758. The van der Waals surface area contributed by atoms with Gasteiger partial charge in [-0.2, -0.15) is 0 Å². The lowest BCUT2D eigenvalue weighted by molar-refractivity contribution is 0.652. The molecule has 0 fully saturated rings. The van der Waals surface area contributed by atoms with Gasteiger partial charge in [0.2, 0.25) is 0 Å². The molecular weight excluding hydrogens is 613 g/mol. The van der Waals surface area contributed by atoms with E-state index in [1.54, 1.807) is 11.3 Å². The van der Waals surface area contributed by atoms with Crippen molar-refractivity contribution in [1.29, 1.82) is 0 Å². The van der Waals surface area contributed by atoms with Crippen molar-refractivity contribution >= 4 is 31.6 Å². The van der Waals surface area contributed by atoms with E-state index in [2.05, 4.69) is 143 Å². The van der Waals surface area contributed by atoms with Gasteiger partial charge in [-0.25, -0.2) is 9.97 Å². The molecule has 0 saturated heterocycles. The van der Waals surface area contributed by atoms with E-state index in [4.69, 9.17) is 9.97 Å². The predicted octanol–water partition coefficient (Wildman–Crippen LogP) is 12.5. The van der Waals surface area contributed by atoms with Crippen LogP contribution in [-0.2, 0) is 10.8 Å². The lowest BCUT2D eigenvalue weighted by atomic mass is 9.79. The minimum atomic E-state index is -0.0983. The molecule has 3 heteroatoms. The standard InChI is InChI=1S/C46H34N2S/c1-45(2)36-16-10-8-14-31(36)34-25-39-35(26-38(34)45)32-23-22-30(24-37(32)46(39,3)4)27-18-20-28(21-19-27)41-43-42(33-15-9-11-17-40(33)49-43)48-44(47-41)29-12-6-5-7-13-29/h5-26H,1-4H3. The summed E-state index contributed by atoms with van der Waals surface area (Å²) in [4.78, 5) is 10.3. The Hall–Kier alpha value is -5.38. The van der Waals surface area contributed by atoms with E-state index in [9.17, 15) is 0 Å². The third-order valence-corrected chi connectivity index (χ3v) is 12.3. The number of fused-ring (bicyclic) bond motifs is 9. The summed E-state index contributed by atoms with van der Waals surface area (Å²) in [6.07, 6.45) is 0. The van der Waals surface area contributed by atoms with E-state index in [0.717, 1.165) is 32.9 Å². The summed E-state index contributed by atoms with van der Waals surface area (Å²) in [5, 5.41) is 1.18. The Balaban J connectivity index is 1.06. The van der Waals surface area contributed by atoms with Crippen LogP contribution in [0.2, 0.25) is 0 Å². The third-order valence-electron chi connectivity index (χ3n) is 11.1. The van der Waals surface area contributed by atoms with Gasteiger partial charge in [-0.15, -0.1) is 11.3 Å². The Morgan fingerprint density at radius 1 is 0.449 bits per heavy atom. The van der Waals surface area contributed by atoms with Crippen LogP contribution in [0.4, 0.5) is 0 Å². The molecule has 0 saturated carbocycles. The summed E-state index contributed by atoms with van der Waals surface area (Å²) in [6.45, 7) is 9.51. The third kappa shape index (κ3) is 4.06. The minimum Gasteiger partial charge on any atom is -0.226 e. The van der Waals surface area contributed by atoms with E-state index < -0.39 is 0 Å². The molecule has 2 heterocycles. The van der Waals surface area contributed by atoms with Gasteiger partial charge < -0.3 is 0 Å². The second-order valence-electron chi connectivity index (χ2n) is 14.6. The fourth-order valence-corrected chi connectivity index (χ4v) is 9.59. The van der Waals surface area contributed by atoms with Crippen LogP contribution in [0, 0.1) is 0 Å². The monoisotopic (exact) mass is 646 g/mol. The van der Waals surface area contributed by atoms with Crippen LogP contribution < -0.4 is 0 Å². The molecule has 0 radical (unpaired) electrons. The second-order valence-corrected chi connectivity index (χ2v) is 15.7. The van der Waals surface area contributed by atoms with Crippen LogP contribution in [0.3, 0.4) is 0 Å². The van der Waals surface area contributed by atoms with E-state index >= 15 is 0 Å². The smallest absolute Gasteiger partial charge is 0.160 e. The summed E-state index contributed by atoms with van der Waals surface area (Å²) in [7, 11) is 0. The Labute approximate surface area is 290 Å². The number of benzene rings is 6. The molecule has 6 aromatic carbocycles. The molecule has 0 amide bonds. The number of rotatable bonds is 3. The normalized spacial score (nSPS) is 14.9. The van der Waals surface area contributed by atoms with Gasteiger partial charge in [0.05, 0.1) is 15.9 Å². The Kier molecular flexibility index (Phi) is 5.88. The molecule has 2 aliphatic carbocycles. The molecule has 0 atom stereocenters. The van der Waals surface area contributed by atoms with Gasteiger partial charge in [-0.05, 0) is 79.9 Å². The van der Waals surface area contributed by atoms with Crippen LogP contribution in [0.25, 0.3) is 76.3 Å². The zero-order chi connectivity index (χ0) is 33.1. The van der Waals surface area contributed by atoms with Gasteiger partial charge in [0.25, 0.3) is 0 Å². The Morgan fingerprint density at radius 2 is 1.04 bits per heavy atom. The van der Waals surface area contributed by atoms with Crippen LogP contribution in [-0.4, -0.2) is 9.97 Å². The molecule has 49 heavy (non-hydrogen) atoms. The van der Waals surface area contributed by atoms with Gasteiger partial charge in [0.15, 0.2) is 5.82 Å². The molecule has 10 rings (SSSR count). The molecule has 2 aromatic heterocycles. The van der Waals surface area contributed by atoms with E-state index in [-0.39, 0.29) is 10.8 Å². The zero-order valence-corrected chi connectivity index (χ0v) is 28.8. The zero-order valence-electron chi connectivity index (χ0n) is 28.0. The molecular formula is C46H34N2S. The fraction of sp³-hybridized carbons (Fsp3) is 0.130. The first-order valence-corrected chi connectivity index (χ1v) is 17.9. The van der Waals surface area contributed by atoms with Crippen molar-refractivity contribution in [2.45, 2.75) is 38.5 Å². The van der Waals surface area contributed by atoms with E-state index in [1.165, 1.54) is 65.7 Å². The number of hydrogen-bond acceptors (Lipinski definition) is 3. The Bertz CT molecular complexity index is 2640. The van der Waals surface area contributed by atoms with Crippen molar-refractivity contribution in [2.24, 2.45) is 0 Å². The van der Waals surface area contributed by atoms with Gasteiger partial charge in [-0.3, -0.25) is 0 Å². The average molecular weight is 647 g/mol. The van der Waals surface area contributed by atoms with Crippen molar-refractivity contribution in [3.63, 3.8) is 0 Å². The highest BCUT2D eigenvalue weighted by atomic mass is 32.1. The minimum absolute atomic E-state index is 0.0114.